The first-order valence-electron chi connectivity index (χ1n) is 10.1. The highest BCUT2D eigenvalue weighted by Gasteiger charge is 2.26. The fourth-order valence-corrected chi connectivity index (χ4v) is 4.93. The Morgan fingerprint density at radius 2 is 1.56 bits per heavy atom. The predicted molar refractivity (Wildman–Crippen MR) is 131 cm³/mol. The first-order chi connectivity index (χ1) is 15.1. The van der Waals surface area contributed by atoms with Crippen LogP contribution in [0.25, 0.3) is 44.3 Å². The summed E-state index contributed by atoms with van der Waals surface area (Å²) < 4.78 is 7.82. The molecule has 158 valence electrons. The minimum absolute atomic E-state index is 0. The van der Waals surface area contributed by atoms with Crippen LogP contribution in [-0.2, 0) is 7.05 Å². The number of rotatable bonds is 2. The minimum atomic E-state index is 0. The van der Waals surface area contributed by atoms with Gasteiger partial charge in [0.2, 0.25) is 5.52 Å². The van der Waals surface area contributed by atoms with Crippen LogP contribution in [0.3, 0.4) is 0 Å². The quantitative estimate of drug-likeness (QED) is 0.306. The van der Waals surface area contributed by atoms with Crippen molar-refractivity contribution >= 4 is 54.9 Å². The molecule has 3 heterocycles. The van der Waals surface area contributed by atoms with Crippen LogP contribution >= 0.6 is 27.5 Å². The largest absolute Gasteiger partial charge is 1.00 e. The van der Waals surface area contributed by atoms with E-state index >= 15 is 0 Å². The molecule has 0 N–H and O–H groups in total. The van der Waals surface area contributed by atoms with Crippen molar-refractivity contribution < 1.29 is 16.8 Å². The zero-order valence-corrected chi connectivity index (χ0v) is 20.2. The Morgan fingerprint density at radius 1 is 0.844 bits per heavy atom. The Kier molecular flexibility index (Phi) is 5.25. The molecular formula is C26H18BrCl2N3. The van der Waals surface area contributed by atoms with E-state index in [9.17, 15) is 0 Å². The van der Waals surface area contributed by atoms with Crippen molar-refractivity contribution in [1.82, 2.24) is 9.13 Å². The lowest BCUT2D eigenvalue weighted by Crippen LogP contribution is -3.00. The number of benzene rings is 3. The molecule has 0 fully saturated rings. The summed E-state index contributed by atoms with van der Waals surface area (Å²) in [5.74, 6) is 0. The second-order valence-electron chi connectivity index (χ2n) is 7.73. The molecule has 0 unspecified atom stereocenters. The molecule has 0 aliphatic carbocycles. The van der Waals surface area contributed by atoms with Crippen molar-refractivity contribution in [1.29, 1.82) is 0 Å². The summed E-state index contributed by atoms with van der Waals surface area (Å²) in [5.41, 5.74) is 6.98. The molecule has 0 amide bonds. The molecule has 6 rings (SSSR count). The highest BCUT2D eigenvalue weighted by molar-refractivity contribution is 9.10. The third kappa shape index (κ3) is 3.14. The lowest BCUT2D eigenvalue weighted by Gasteiger charge is -2.04. The molecule has 0 saturated carbocycles. The Bertz CT molecular complexity index is 1600. The summed E-state index contributed by atoms with van der Waals surface area (Å²) in [7, 11) is 2.15. The molecule has 0 radical (unpaired) electrons. The van der Waals surface area contributed by atoms with Crippen LogP contribution in [0.2, 0.25) is 5.02 Å². The molecule has 0 saturated heterocycles. The number of para-hydroxylation sites is 1. The Balaban J connectivity index is 0.00000216. The van der Waals surface area contributed by atoms with Gasteiger partial charge in [0.15, 0.2) is 5.69 Å². The lowest BCUT2D eigenvalue weighted by atomic mass is 10.1. The van der Waals surface area contributed by atoms with E-state index in [-0.39, 0.29) is 12.4 Å². The number of aryl methyl sites for hydroxylation is 1. The first-order valence-corrected chi connectivity index (χ1v) is 11.2. The SMILES string of the molecule is Cn1c2ccccc2c2cc[n+]3cn(-c4ccc(Cl)cc4)c(-c4ccc(Br)cc4)c3c21.[Cl-]. The van der Waals surface area contributed by atoms with E-state index in [0.717, 1.165) is 26.4 Å². The number of hydrogen-bond acceptors (Lipinski definition) is 0. The number of aromatic nitrogens is 3. The van der Waals surface area contributed by atoms with Gasteiger partial charge in [-0.2, -0.15) is 8.97 Å². The van der Waals surface area contributed by atoms with Gasteiger partial charge in [-0.1, -0.05) is 45.7 Å². The van der Waals surface area contributed by atoms with Crippen LogP contribution in [0, 0.1) is 0 Å². The van der Waals surface area contributed by atoms with E-state index in [0.29, 0.717) is 0 Å². The minimum Gasteiger partial charge on any atom is -1.00 e. The second kappa shape index (κ2) is 7.96. The molecule has 0 aliphatic heterocycles. The van der Waals surface area contributed by atoms with Gasteiger partial charge in [-0.05, 0) is 60.7 Å². The maximum absolute atomic E-state index is 6.17. The van der Waals surface area contributed by atoms with Gasteiger partial charge < -0.3 is 17.0 Å². The van der Waals surface area contributed by atoms with Gasteiger partial charge >= 0.3 is 0 Å². The summed E-state index contributed by atoms with van der Waals surface area (Å²) in [6.07, 6.45) is 4.30. The fraction of sp³-hybridized carbons (Fsp3) is 0.0385. The Hall–Kier alpha value is -2.79. The molecule has 6 aromatic rings. The number of hydrogen-bond donors (Lipinski definition) is 0. The average Bonchev–Trinajstić information content (AvgIpc) is 3.31. The maximum Gasteiger partial charge on any atom is 0.254 e. The molecular weight excluding hydrogens is 505 g/mol. The van der Waals surface area contributed by atoms with Gasteiger partial charge in [0, 0.05) is 38.4 Å². The molecule has 0 spiro atoms. The van der Waals surface area contributed by atoms with E-state index in [1.54, 1.807) is 0 Å². The van der Waals surface area contributed by atoms with Crippen molar-refractivity contribution in [3.8, 4) is 16.9 Å². The lowest BCUT2D eigenvalue weighted by molar-refractivity contribution is -0.510. The highest BCUT2D eigenvalue weighted by atomic mass is 79.9. The van der Waals surface area contributed by atoms with Gasteiger partial charge in [0.25, 0.3) is 6.33 Å². The van der Waals surface area contributed by atoms with Crippen LogP contribution in [0.4, 0.5) is 0 Å². The highest BCUT2D eigenvalue weighted by Crippen LogP contribution is 2.35. The monoisotopic (exact) mass is 521 g/mol. The van der Waals surface area contributed by atoms with E-state index in [1.165, 1.54) is 27.3 Å². The zero-order chi connectivity index (χ0) is 21.1. The molecule has 0 aliphatic rings. The summed E-state index contributed by atoms with van der Waals surface area (Å²) in [4.78, 5) is 0. The molecule has 0 atom stereocenters. The van der Waals surface area contributed by atoms with Crippen LogP contribution in [0.1, 0.15) is 0 Å². The Labute approximate surface area is 205 Å². The number of imidazole rings is 1. The number of fused-ring (bicyclic) bond motifs is 5. The zero-order valence-electron chi connectivity index (χ0n) is 17.1. The summed E-state index contributed by atoms with van der Waals surface area (Å²) in [6, 6.07) is 27.3. The predicted octanol–water partition coefficient (Wildman–Crippen LogP) is 3.95. The smallest absolute Gasteiger partial charge is 0.254 e. The second-order valence-corrected chi connectivity index (χ2v) is 9.08. The van der Waals surface area contributed by atoms with Gasteiger partial charge in [0.05, 0.1) is 6.20 Å². The molecule has 32 heavy (non-hydrogen) atoms. The number of halogens is 3. The van der Waals surface area contributed by atoms with E-state index in [4.69, 9.17) is 11.6 Å². The third-order valence-corrected chi connectivity index (χ3v) is 6.74. The molecule has 3 nitrogen and oxygen atoms in total. The number of nitrogens with zero attached hydrogens (tertiary/aromatic N) is 3. The van der Waals surface area contributed by atoms with Crippen LogP contribution < -0.4 is 16.8 Å². The standard InChI is InChI=1S/C26H18BrClN3.ClH/c1-29-23-5-3-2-4-21(23)22-14-15-30-16-31(20-12-10-19(28)11-13-20)24(26(30)25(22)29)17-6-8-18(27)9-7-17;/h2-16H,1H3;1H/q+1;/p-1. The summed E-state index contributed by atoms with van der Waals surface area (Å²) >= 11 is 9.75. The van der Waals surface area contributed by atoms with Gasteiger partial charge in [-0.15, -0.1) is 0 Å². The van der Waals surface area contributed by atoms with E-state index in [1.807, 2.05) is 12.1 Å². The Morgan fingerprint density at radius 3 is 2.31 bits per heavy atom. The number of pyridine rings is 1. The van der Waals surface area contributed by atoms with Crippen LogP contribution in [-0.4, -0.2) is 9.13 Å². The molecule has 6 heteroatoms. The van der Waals surface area contributed by atoms with E-state index < -0.39 is 0 Å². The van der Waals surface area contributed by atoms with Crippen LogP contribution in [0.5, 0.6) is 0 Å². The summed E-state index contributed by atoms with van der Waals surface area (Å²) in [5, 5.41) is 3.25. The van der Waals surface area contributed by atoms with Crippen molar-refractivity contribution in [3.05, 3.63) is 101 Å². The van der Waals surface area contributed by atoms with Crippen molar-refractivity contribution in [2.45, 2.75) is 0 Å². The maximum atomic E-state index is 6.17. The van der Waals surface area contributed by atoms with Crippen LogP contribution in [0.15, 0.2) is 95.9 Å². The summed E-state index contributed by atoms with van der Waals surface area (Å²) in [6.45, 7) is 0. The normalized spacial score (nSPS) is 11.3. The molecule has 0 bridgehead atoms. The first kappa shape index (κ1) is 21.1. The van der Waals surface area contributed by atoms with Crippen molar-refractivity contribution in [2.24, 2.45) is 7.05 Å². The van der Waals surface area contributed by atoms with Crippen molar-refractivity contribution in [2.75, 3.05) is 0 Å². The third-order valence-electron chi connectivity index (χ3n) is 5.96. The molecule has 3 aromatic heterocycles. The fourth-order valence-electron chi connectivity index (χ4n) is 4.54. The molecule has 3 aromatic carbocycles. The topological polar surface area (TPSA) is 14.0 Å². The van der Waals surface area contributed by atoms with Gasteiger partial charge in [-0.3, -0.25) is 0 Å². The van der Waals surface area contributed by atoms with Crippen molar-refractivity contribution in [3.63, 3.8) is 0 Å². The van der Waals surface area contributed by atoms with Gasteiger partial charge in [-0.25, -0.2) is 0 Å². The van der Waals surface area contributed by atoms with E-state index in [2.05, 4.69) is 116 Å². The van der Waals surface area contributed by atoms with Gasteiger partial charge in [0.1, 0.15) is 11.2 Å². The average molecular weight is 523 g/mol.